The number of aromatic nitrogens is 3. The van der Waals surface area contributed by atoms with Crippen LogP contribution in [0.5, 0.6) is 0 Å². The number of thioether (sulfide) groups is 1. The van der Waals surface area contributed by atoms with Crippen LogP contribution in [-0.2, 0) is 11.3 Å². The second-order valence-corrected chi connectivity index (χ2v) is 9.16. The highest BCUT2D eigenvalue weighted by Gasteiger charge is 2.16. The van der Waals surface area contributed by atoms with Crippen LogP contribution in [0.15, 0.2) is 64.7 Å². The van der Waals surface area contributed by atoms with Crippen molar-refractivity contribution >= 4 is 39.3 Å². The molecule has 0 fully saturated rings. The Balaban J connectivity index is 1.74. The molecular formula is C23H25BrN4OS. The van der Waals surface area contributed by atoms with Crippen molar-refractivity contribution in [3.8, 4) is 11.4 Å². The number of nitrogens with one attached hydrogen (secondary N) is 1. The van der Waals surface area contributed by atoms with Crippen LogP contribution in [0.25, 0.3) is 11.4 Å². The molecule has 0 saturated carbocycles. The molecule has 0 atom stereocenters. The molecule has 156 valence electrons. The monoisotopic (exact) mass is 484 g/mol. The van der Waals surface area contributed by atoms with Gasteiger partial charge in [0.25, 0.3) is 0 Å². The highest BCUT2D eigenvalue weighted by molar-refractivity contribution is 9.10. The first-order chi connectivity index (χ1) is 14.4. The summed E-state index contributed by atoms with van der Waals surface area (Å²) in [6.07, 6.45) is 1.81. The molecule has 0 saturated heterocycles. The van der Waals surface area contributed by atoms with Crippen molar-refractivity contribution in [3.05, 3.63) is 70.7 Å². The third kappa shape index (κ3) is 5.40. The minimum atomic E-state index is -0.0746. The zero-order chi connectivity index (χ0) is 21.7. The first-order valence-electron chi connectivity index (χ1n) is 9.72. The van der Waals surface area contributed by atoms with Crippen molar-refractivity contribution in [3.63, 3.8) is 0 Å². The van der Waals surface area contributed by atoms with Crippen LogP contribution in [0.3, 0.4) is 0 Å². The van der Waals surface area contributed by atoms with Gasteiger partial charge >= 0.3 is 0 Å². The number of carbonyl (C=O) groups excluding carboxylic acids is 1. The van der Waals surface area contributed by atoms with Crippen molar-refractivity contribution in [1.82, 2.24) is 14.8 Å². The van der Waals surface area contributed by atoms with Crippen LogP contribution >= 0.6 is 27.7 Å². The van der Waals surface area contributed by atoms with E-state index in [-0.39, 0.29) is 11.7 Å². The van der Waals surface area contributed by atoms with E-state index in [2.05, 4.69) is 57.9 Å². The molecule has 0 spiro atoms. The number of hydrogen-bond donors (Lipinski definition) is 1. The molecule has 5 nitrogen and oxygen atoms in total. The van der Waals surface area contributed by atoms with Gasteiger partial charge in [-0.15, -0.1) is 16.8 Å². The maximum Gasteiger partial charge on any atom is 0.234 e. The van der Waals surface area contributed by atoms with Crippen LogP contribution in [-0.4, -0.2) is 26.4 Å². The van der Waals surface area contributed by atoms with E-state index in [4.69, 9.17) is 0 Å². The van der Waals surface area contributed by atoms with Crippen LogP contribution in [0, 0.1) is 6.92 Å². The lowest BCUT2D eigenvalue weighted by atomic mass is 10.0. The normalized spacial score (nSPS) is 11.0. The molecule has 0 aliphatic rings. The predicted octanol–water partition coefficient (Wildman–Crippen LogP) is 6.06. The molecule has 0 aliphatic carbocycles. The van der Waals surface area contributed by atoms with Crippen molar-refractivity contribution in [1.29, 1.82) is 0 Å². The van der Waals surface area contributed by atoms with E-state index in [1.165, 1.54) is 11.8 Å². The molecule has 3 rings (SSSR count). The van der Waals surface area contributed by atoms with Crippen molar-refractivity contribution in [2.75, 3.05) is 11.1 Å². The lowest BCUT2D eigenvalue weighted by molar-refractivity contribution is -0.113. The molecule has 7 heteroatoms. The van der Waals surface area contributed by atoms with Gasteiger partial charge in [-0.2, -0.15) is 0 Å². The quantitative estimate of drug-likeness (QED) is 0.312. The van der Waals surface area contributed by atoms with Gasteiger partial charge in [0.2, 0.25) is 5.91 Å². The van der Waals surface area contributed by atoms with Crippen molar-refractivity contribution in [2.24, 2.45) is 0 Å². The number of anilines is 1. The summed E-state index contributed by atoms with van der Waals surface area (Å²) in [4.78, 5) is 12.6. The molecule has 30 heavy (non-hydrogen) atoms. The topological polar surface area (TPSA) is 59.8 Å². The Kier molecular flexibility index (Phi) is 7.50. The molecule has 2 aromatic carbocycles. The third-order valence-electron chi connectivity index (χ3n) is 4.55. The molecular weight excluding hydrogens is 460 g/mol. The van der Waals surface area contributed by atoms with Gasteiger partial charge < -0.3 is 5.32 Å². The van der Waals surface area contributed by atoms with Gasteiger partial charge in [-0.05, 0) is 42.7 Å². The SMILES string of the molecule is C=CCn1c(SCC(=O)Nc2ccc(Br)cc2C(C)C)nnc1-c1cccc(C)c1. The average Bonchev–Trinajstić information content (AvgIpc) is 3.10. The number of amides is 1. The highest BCUT2D eigenvalue weighted by atomic mass is 79.9. The Hall–Kier alpha value is -2.38. The summed E-state index contributed by atoms with van der Waals surface area (Å²) in [5.74, 6) is 1.25. The van der Waals surface area contributed by atoms with Gasteiger partial charge in [-0.25, -0.2) is 0 Å². The smallest absolute Gasteiger partial charge is 0.234 e. The van der Waals surface area contributed by atoms with Gasteiger partial charge in [0.15, 0.2) is 11.0 Å². The fraction of sp³-hybridized carbons (Fsp3) is 0.261. The molecule has 3 aromatic rings. The standard InChI is InChI=1S/C23H25BrN4OS/c1-5-11-28-22(17-8-6-7-16(4)12-17)26-27-23(28)30-14-21(29)25-20-10-9-18(24)13-19(20)15(2)3/h5-10,12-13,15H,1,11,14H2,2-4H3,(H,25,29). The Morgan fingerprint density at radius 2 is 2.07 bits per heavy atom. The van der Waals surface area contributed by atoms with Crippen LogP contribution in [0.4, 0.5) is 5.69 Å². The molecule has 0 unspecified atom stereocenters. The average molecular weight is 485 g/mol. The maximum atomic E-state index is 12.6. The molecule has 1 aromatic heterocycles. The zero-order valence-electron chi connectivity index (χ0n) is 17.4. The van der Waals surface area contributed by atoms with Crippen LogP contribution < -0.4 is 5.32 Å². The number of halogens is 1. The Bertz CT molecular complexity index is 1060. The van der Waals surface area contributed by atoms with E-state index in [9.17, 15) is 4.79 Å². The van der Waals surface area contributed by atoms with Gasteiger partial charge in [-0.3, -0.25) is 9.36 Å². The Labute approximate surface area is 190 Å². The number of nitrogens with zero attached hydrogens (tertiary/aromatic N) is 3. The summed E-state index contributed by atoms with van der Waals surface area (Å²) in [6.45, 7) is 10.7. The second kappa shape index (κ2) is 10.1. The lowest BCUT2D eigenvalue weighted by Crippen LogP contribution is -2.16. The number of rotatable bonds is 8. The van der Waals surface area contributed by atoms with Crippen molar-refractivity contribution in [2.45, 2.75) is 38.4 Å². The molecule has 1 amide bonds. The Morgan fingerprint density at radius 1 is 1.27 bits per heavy atom. The summed E-state index contributed by atoms with van der Waals surface area (Å²) in [7, 11) is 0. The third-order valence-corrected chi connectivity index (χ3v) is 6.01. The summed E-state index contributed by atoms with van der Waals surface area (Å²) in [5, 5.41) is 12.4. The Morgan fingerprint density at radius 3 is 2.77 bits per heavy atom. The number of hydrogen-bond acceptors (Lipinski definition) is 4. The van der Waals surface area contributed by atoms with E-state index in [1.807, 2.05) is 54.0 Å². The summed E-state index contributed by atoms with van der Waals surface area (Å²) >= 11 is 4.87. The summed E-state index contributed by atoms with van der Waals surface area (Å²) < 4.78 is 2.98. The van der Waals surface area contributed by atoms with Gasteiger partial charge in [0, 0.05) is 22.3 Å². The molecule has 1 N–H and O–H groups in total. The number of allylic oxidation sites excluding steroid dienone is 1. The van der Waals surface area contributed by atoms with Crippen LogP contribution in [0.1, 0.15) is 30.9 Å². The highest BCUT2D eigenvalue weighted by Crippen LogP contribution is 2.29. The van der Waals surface area contributed by atoms with E-state index < -0.39 is 0 Å². The summed E-state index contributed by atoms with van der Waals surface area (Å²) in [6, 6.07) is 14.0. The molecule has 1 heterocycles. The maximum absolute atomic E-state index is 12.6. The van der Waals surface area contributed by atoms with Gasteiger partial charge in [0.05, 0.1) is 5.75 Å². The van der Waals surface area contributed by atoms with Crippen LogP contribution in [0.2, 0.25) is 0 Å². The fourth-order valence-electron chi connectivity index (χ4n) is 3.13. The van der Waals surface area contributed by atoms with E-state index in [0.717, 1.165) is 32.7 Å². The number of carbonyl (C=O) groups is 1. The van der Waals surface area contributed by atoms with E-state index in [1.54, 1.807) is 0 Å². The van der Waals surface area contributed by atoms with E-state index in [0.29, 0.717) is 17.6 Å². The van der Waals surface area contributed by atoms with Gasteiger partial charge in [0.1, 0.15) is 0 Å². The summed E-state index contributed by atoms with van der Waals surface area (Å²) in [5.41, 5.74) is 4.09. The molecule has 0 bridgehead atoms. The largest absolute Gasteiger partial charge is 0.325 e. The van der Waals surface area contributed by atoms with E-state index >= 15 is 0 Å². The first kappa shape index (κ1) is 22.3. The first-order valence-corrected chi connectivity index (χ1v) is 11.5. The zero-order valence-corrected chi connectivity index (χ0v) is 19.8. The number of benzene rings is 2. The number of aryl methyl sites for hydroxylation is 1. The fourth-order valence-corrected chi connectivity index (χ4v) is 4.25. The minimum Gasteiger partial charge on any atom is -0.325 e. The predicted molar refractivity (Wildman–Crippen MR) is 128 cm³/mol. The molecule has 0 radical (unpaired) electrons. The van der Waals surface area contributed by atoms with Gasteiger partial charge in [-0.1, -0.05) is 71.4 Å². The molecule has 0 aliphatic heterocycles. The second-order valence-electron chi connectivity index (χ2n) is 7.30. The minimum absolute atomic E-state index is 0.0746. The lowest BCUT2D eigenvalue weighted by Gasteiger charge is -2.14. The van der Waals surface area contributed by atoms with Crippen molar-refractivity contribution < 1.29 is 4.79 Å².